The van der Waals surface area contributed by atoms with E-state index in [-0.39, 0.29) is 6.61 Å². The highest BCUT2D eigenvalue weighted by Crippen LogP contribution is 2.07. The number of nitrogens with two attached hydrogens (primary N) is 1. The molecular weight excluding hydrogens is 212 g/mol. The van der Waals surface area contributed by atoms with Gasteiger partial charge in [-0.25, -0.2) is 4.79 Å². The Morgan fingerprint density at radius 1 is 1.62 bits per heavy atom. The number of nitrogens with one attached hydrogen (secondary N) is 1. The van der Waals surface area contributed by atoms with Gasteiger partial charge in [0.2, 0.25) is 0 Å². The molecule has 1 aromatic heterocycles. The number of primary amides is 1. The van der Waals surface area contributed by atoms with Crippen LogP contribution in [0.2, 0.25) is 0 Å². The highest BCUT2D eigenvalue weighted by atomic mass is 16.5. The third-order valence-electron chi connectivity index (χ3n) is 1.69. The van der Waals surface area contributed by atoms with Gasteiger partial charge >= 0.3 is 6.03 Å². The third kappa shape index (κ3) is 3.99. The number of amides is 3. The van der Waals surface area contributed by atoms with Gasteiger partial charge < -0.3 is 10.5 Å². The number of nitrogens with zero attached hydrogens (tertiary/aromatic N) is 2. The summed E-state index contributed by atoms with van der Waals surface area (Å²) in [6.45, 7) is 2.56. The van der Waals surface area contributed by atoms with Gasteiger partial charge in [-0.05, 0) is 6.42 Å². The van der Waals surface area contributed by atoms with Crippen LogP contribution in [0.15, 0.2) is 12.4 Å². The van der Waals surface area contributed by atoms with E-state index in [4.69, 9.17) is 10.5 Å². The summed E-state index contributed by atoms with van der Waals surface area (Å²) in [5.41, 5.74) is 4.76. The van der Waals surface area contributed by atoms with Crippen molar-refractivity contribution in [3.63, 3.8) is 0 Å². The lowest BCUT2D eigenvalue weighted by Gasteiger charge is -2.02. The number of carbonyl (C=O) groups is 2. The van der Waals surface area contributed by atoms with E-state index in [1.807, 2.05) is 12.2 Å². The first kappa shape index (κ1) is 12.0. The summed E-state index contributed by atoms with van der Waals surface area (Å²) in [7, 11) is 0. The quantitative estimate of drug-likeness (QED) is 0.730. The standard InChI is InChI=1S/C9H14N4O3/c1-2-3-13-5-7(4-11-13)16-6-8(14)12-9(10)15/h4-5H,2-3,6H2,1H3,(H3,10,12,14,15). The monoisotopic (exact) mass is 226 g/mol. The normalized spacial score (nSPS) is 9.81. The largest absolute Gasteiger partial charge is 0.480 e. The maximum atomic E-state index is 11.0. The molecule has 0 aliphatic carbocycles. The highest BCUT2D eigenvalue weighted by molar-refractivity contribution is 5.94. The van der Waals surface area contributed by atoms with Crippen LogP contribution in [-0.2, 0) is 11.3 Å². The zero-order chi connectivity index (χ0) is 12.0. The Labute approximate surface area is 92.6 Å². The number of hydrogen-bond donors (Lipinski definition) is 2. The molecule has 0 fully saturated rings. The van der Waals surface area contributed by atoms with Crippen molar-refractivity contribution >= 4 is 11.9 Å². The second-order valence-corrected chi connectivity index (χ2v) is 3.14. The molecule has 3 amide bonds. The average molecular weight is 226 g/mol. The molecule has 16 heavy (non-hydrogen) atoms. The lowest BCUT2D eigenvalue weighted by Crippen LogP contribution is -2.38. The van der Waals surface area contributed by atoms with E-state index in [1.165, 1.54) is 6.20 Å². The molecule has 0 saturated heterocycles. The van der Waals surface area contributed by atoms with Crippen molar-refractivity contribution in [2.45, 2.75) is 19.9 Å². The van der Waals surface area contributed by atoms with Crippen molar-refractivity contribution in [3.05, 3.63) is 12.4 Å². The van der Waals surface area contributed by atoms with Crippen molar-refractivity contribution in [1.29, 1.82) is 0 Å². The predicted molar refractivity (Wildman–Crippen MR) is 55.7 cm³/mol. The Morgan fingerprint density at radius 2 is 2.38 bits per heavy atom. The molecule has 7 nitrogen and oxygen atoms in total. The van der Waals surface area contributed by atoms with Crippen molar-refractivity contribution in [3.8, 4) is 5.75 Å². The number of ether oxygens (including phenoxy) is 1. The molecule has 1 aromatic rings. The van der Waals surface area contributed by atoms with Gasteiger partial charge in [0, 0.05) is 6.54 Å². The average Bonchev–Trinajstić information content (AvgIpc) is 2.62. The van der Waals surface area contributed by atoms with Gasteiger partial charge in [0.25, 0.3) is 5.91 Å². The molecule has 0 radical (unpaired) electrons. The lowest BCUT2D eigenvalue weighted by molar-refractivity contribution is -0.121. The molecular formula is C9H14N4O3. The maximum absolute atomic E-state index is 11.0. The number of rotatable bonds is 5. The van der Waals surface area contributed by atoms with Gasteiger partial charge in [-0.1, -0.05) is 6.92 Å². The first-order valence-corrected chi connectivity index (χ1v) is 4.86. The molecule has 0 aromatic carbocycles. The molecule has 0 bridgehead atoms. The molecule has 0 unspecified atom stereocenters. The number of imide groups is 1. The Morgan fingerprint density at radius 3 is 3.00 bits per heavy atom. The maximum Gasteiger partial charge on any atom is 0.318 e. The van der Waals surface area contributed by atoms with Crippen LogP contribution in [0.25, 0.3) is 0 Å². The summed E-state index contributed by atoms with van der Waals surface area (Å²) in [5.74, 6) is -0.108. The van der Waals surface area contributed by atoms with E-state index in [0.29, 0.717) is 5.75 Å². The van der Waals surface area contributed by atoms with E-state index in [9.17, 15) is 9.59 Å². The molecule has 3 N–H and O–H groups in total. The zero-order valence-corrected chi connectivity index (χ0v) is 8.97. The zero-order valence-electron chi connectivity index (χ0n) is 8.97. The van der Waals surface area contributed by atoms with E-state index in [0.717, 1.165) is 13.0 Å². The lowest BCUT2D eigenvalue weighted by atomic mass is 10.5. The van der Waals surface area contributed by atoms with Crippen LogP contribution < -0.4 is 15.8 Å². The van der Waals surface area contributed by atoms with Crippen LogP contribution >= 0.6 is 0 Å². The number of hydrogen-bond acceptors (Lipinski definition) is 4. The van der Waals surface area contributed by atoms with Crippen LogP contribution in [0, 0.1) is 0 Å². The molecule has 0 saturated carbocycles. The fourth-order valence-electron chi connectivity index (χ4n) is 1.09. The minimum atomic E-state index is -0.893. The first-order valence-electron chi connectivity index (χ1n) is 4.86. The molecule has 0 aliphatic rings. The topological polar surface area (TPSA) is 99.2 Å². The predicted octanol–water partition coefficient (Wildman–Crippen LogP) is -0.133. The summed E-state index contributed by atoms with van der Waals surface area (Å²) in [5, 5.41) is 5.91. The molecule has 1 rings (SSSR count). The van der Waals surface area contributed by atoms with Crippen molar-refractivity contribution in [1.82, 2.24) is 15.1 Å². The minimum Gasteiger partial charge on any atom is -0.480 e. The third-order valence-corrected chi connectivity index (χ3v) is 1.69. The van der Waals surface area contributed by atoms with Crippen molar-refractivity contribution in [2.24, 2.45) is 5.73 Å². The van der Waals surface area contributed by atoms with Crippen molar-refractivity contribution in [2.75, 3.05) is 6.61 Å². The van der Waals surface area contributed by atoms with Gasteiger partial charge in [0.1, 0.15) is 0 Å². The molecule has 0 aliphatic heterocycles. The summed E-state index contributed by atoms with van der Waals surface area (Å²) in [4.78, 5) is 21.3. The van der Waals surface area contributed by atoms with E-state index in [2.05, 4.69) is 5.10 Å². The van der Waals surface area contributed by atoms with Gasteiger partial charge in [-0.15, -0.1) is 0 Å². The highest BCUT2D eigenvalue weighted by Gasteiger charge is 2.06. The van der Waals surface area contributed by atoms with Crippen LogP contribution in [0.5, 0.6) is 5.75 Å². The van der Waals surface area contributed by atoms with Crippen LogP contribution in [-0.4, -0.2) is 28.3 Å². The number of aromatic nitrogens is 2. The smallest absolute Gasteiger partial charge is 0.318 e. The number of aryl methyl sites for hydroxylation is 1. The molecule has 88 valence electrons. The second-order valence-electron chi connectivity index (χ2n) is 3.14. The van der Waals surface area contributed by atoms with Crippen LogP contribution in [0.3, 0.4) is 0 Å². The second kappa shape index (κ2) is 5.74. The van der Waals surface area contributed by atoms with Gasteiger partial charge in [-0.2, -0.15) is 5.10 Å². The van der Waals surface area contributed by atoms with E-state index < -0.39 is 11.9 Å². The van der Waals surface area contributed by atoms with Gasteiger partial charge in [0.05, 0.1) is 12.4 Å². The van der Waals surface area contributed by atoms with Crippen LogP contribution in [0.1, 0.15) is 13.3 Å². The number of carbonyl (C=O) groups excluding carboxylic acids is 2. The Bertz CT molecular complexity index is 375. The summed E-state index contributed by atoms with van der Waals surface area (Å²) >= 11 is 0. The van der Waals surface area contributed by atoms with Gasteiger partial charge in [-0.3, -0.25) is 14.8 Å². The molecule has 0 spiro atoms. The van der Waals surface area contributed by atoms with E-state index in [1.54, 1.807) is 10.9 Å². The van der Waals surface area contributed by atoms with Crippen molar-refractivity contribution < 1.29 is 14.3 Å². The first-order chi connectivity index (χ1) is 7.61. The van der Waals surface area contributed by atoms with Crippen LogP contribution in [0.4, 0.5) is 4.79 Å². The Kier molecular flexibility index (Phi) is 4.31. The Hall–Kier alpha value is -2.05. The summed E-state index contributed by atoms with van der Waals surface area (Å²) in [6, 6.07) is -0.893. The summed E-state index contributed by atoms with van der Waals surface area (Å²) in [6.07, 6.45) is 4.15. The fourth-order valence-corrected chi connectivity index (χ4v) is 1.09. The minimum absolute atomic E-state index is 0.263. The Balaban J connectivity index is 2.36. The molecule has 1 heterocycles. The number of urea groups is 1. The molecule has 7 heteroatoms. The fraction of sp³-hybridized carbons (Fsp3) is 0.444. The SMILES string of the molecule is CCCn1cc(OCC(=O)NC(N)=O)cn1. The molecule has 0 atom stereocenters. The van der Waals surface area contributed by atoms with E-state index >= 15 is 0 Å². The summed E-state index contributed by atoms with van der Waals surface area (Å²) < 4.78 is 6.80. The van der Waals surface area contributed by atoms with Gasteiger partial charge in [0.15, 0.2) is 12.4 Å².